The van der Waals surface area contributed by atoms with Gasteiger partial charge in [0.2, 0.25) is 11.8 Å². The van der Waals surface area contributed by atoms with Crippen LogP contribution in [-0.2, 0) is 16.0 Å². The van der Waals surface area contributed by atoms with Gasteiger partial charge in [0.25, 0.3) is 0 Å². The average Bonchev–Trinajstić information content (AvgIpc) is 2.63. The van der Waals surface area contributed by atoms with E-state index in [-0.39, 0.29) is 17.9 Å². The van der Waals surface area contributed by atoms with Crippen molar-refractivity contribution in [2.24, 2.45) is 5.92 Å². The molecule has 1 heterocycles. The number of nitrogens with zero attached hydrogens (tertiary/aromatic N) is 2. The van der Waals surface area contributed by atoms with Crippen molar-refractivity contribution in [3.05, 3.63) is 35.9 Å². The van der Waals surface area contributed by atoms with Crippen LogP contribution in [0.15, 0.2) is 30.3 Å². The van der Waals surface area contributed by atoms with Gasteiger partial charge in [-0.15, -0.1) is 0 Å². The summed E-state index contributed by atoms with van der Waals surface area (Å²) in [6.07, 6.45) is 5.11. The molecule has 1 aromatic carbocycles. The second-order valence-corrected chi connectivity index (χ2v) is 7.69. The lowest BCUT2D eigenvalue weighted by Gasteiger charge is -2.33. The molecule has 0 unspecified atom stereocenters. The normalized spacial score (nSPS) is 15.3. The third kappa shape index (κ3) is 6.15. The second kappa shape index (κ2) is 10.3. The van der Waals surface area contributed by atoms with Gasteiger partial charge in [-0.05, 0) is 51.0 Å². The molecule has 1 aromatic rings. The fourth-order valence-electron chi connectivity index (χ4n) is 3.74. The van der Waals surface area contributed by atoms with Crippen LogP contribution in [-0.4, -0.2) is 47.3 Å². The minimum absolute atomic E-state index is 0.151. The molecule has 1 aliphatic heterocycles. The molecule has 0 saturated carbocycles. The minimum Gasteiger partial charge on any atom is -0.343 e. The van der Waals surface area contributed by atoms with E-state index < -0.39 is 0 Å². The molecule has 144 valence electrons. The Bertz CT molecular complexity index is 563. The van der Waals surface area contributed by atoms with E-state index in [1.165, 1.54) is 5.56 Å². The van der Waals surface area contributed by atoms with Crippen molar-refractivity contribution in [2.45, 2.75) is 65.3 Å². The monoisotopic (exact) mass is 358 g/mol. The molecular weight excluding hydrogens is 324 g/mol. The summed E-state index contributed by atoms with van der Waals surface area (Å²) in [6.45, 7) is 8.29. The van der Waals surface area contributed by atoms with Crippen LogP contribution in [0.4, 0.5) is 0 Å². The zero-order chi connectivity index (χ0) is 18.9. The van der Waals surface area contributed by atoms with E-state index in [0.717, 1.165) is 38.8 Å². The van der Waals surface area contributed by atoms with Crippen molar-refractivity contribution in [1.82, 2.24) is 9.80 Å². The molecule has 0 atom stereocenters. The van der Waals surface area contributed by atoms with Gasteiger partial charge in [-0.25, -0.2) is 0 Å². The highest BCUT2D eigenvalue weighted by Gasteiger charge is 2.24. The topological polar surface area (TPSA) is 40.6 Å². The van der Waals surface area contributed by atoms with Crippen molar-refractivity contribution in [3.8, 4) is 0 Å². The predicted octanol–water partition coefficient (Wildman–Crippen LogP) is 3.89. The molecule has 1 aliphatic rings. The molecule has 1 fully saturated rings. The maximum atomic E-state index is 12.6. The average molecular weight is 359 g/mol. The number of piperidine rings is 1. The minimum atomic E-state index is 0.151. The highest BCUT2D eigenvalue weighted by molar-refractivity contribution is 5.79. The smallest absolute Gasteiger partial charge is 0.224 e. The van der Waals surface area contributed by atoms with Gasteiger partial charge < -0.3 is 9.80 Å². The van der Waals surface area contributed by atoms with Crippen LogP contribution in [0.3, 0.4) is 0 Å². The molecule has 4 nitrogen and oxygen atoms in total. The van der Waals surface area contributed by atoms with Crippen LogP contribution in [0.2, 0.25) is 0 Å². The van der Waals surface area contributed by atoms with Gasteiger partial charge >= 0.3 is 0 Å². The van der Waals surface area contributed by atoms with Gasteiger partial charge in [0, 0.05) is 38.5 Å². The molecule has 2 rings (SSSR count). The van der Waals surface area contributed by atoms with E-state index in [0.29, 0.717) is 25.3 Å². The summed E-state index contributed by atoms with van der Waals surface area (Å²) < 4.78 is 0. The zero-order valence-electron chi connectivity index (χ0n) is 16.6. The number of likely N-dealkylation sites (tertiary alicyclic amines) is 1. The summed E-state index contributed by atoms with van der Waals surface area (Å²) in [5, 5.41) is 0. The van der Waals surface area contributed by atoms with Gasteiger partial charge in [-0.1, -0.05) is 37.3 Å². The fourth-order valence-corrected chi connectivity index (χ4v) is 3.74. The van der Waals surface area contributed by atoms with Crippen molar-refractivity contribution < 1.29 is 9.59 Å². The van der Waals surface area contributed by atoms with Crippen molar-refractivity contribution in [2.75, 3.05) is 19.6 Å². The molecule has 0 aromatic heterocycles. The fraction of sp³-hybridized carbons (Fsp3) is 0.636. The van der Waals surface area contributed by atoms with E-state index in [1.807, 2.05) is 30.6 Å². The number of benzene rings is 1. The van der Waals surface area contributed by atoms with Crippen LogP contribution < -0.4 is 0 Å². The summed E-state index contributed by atoms with van der Waals surface area (Å²) in [5.41, 5.74) is 1.39. The van der Waals surface area contributed by atoms with Gasteiger partial charge in [0.05, 0.1) is 0 Å². The first-order valence-corrected chi connectivity index (χ1v) is 10.1. The van der Waals surface area contributed by atoms with E-state index >= 15 is 0 Å². The Kier molecular flexibility index (Phi) is 8.14. The Balaban J connectivity index is 1.76. The van der Waals surface area contributed by atoms with E-state index in [1.54, 1.807) is 0 Å². The lowest BCUT2D eigenvalue weighted by atomic mass is 9.90. The number of carbonyl (C=O) groups is 2. The third-order valence-corrected chi connectivity index (χ3v) is 5.31. The highest BCUT2D eigenvalue weighted by Crippen LogP contribution is 2.22. The summed E-state index contributed by atoms with van der Waals surface area (Å²) >= 11 is 0. The highest BCUT2D eigenvalue weighted by atomic mass is 16.2. The predicted molar refractivity (Wildman–Crippen MR) is 106 cm³/mol. The van der Waals surface area contributed by atoms with Gasteiger partial charge in [-0.3, -0.25) is 9.59 Å². The molecule has 26 heavy (non-hydrogen) atoms. The third-order valence-electron chi connectivity index (χ3n) is 5.31. The summed E-state index contributed by atoms with van der Waals surface area (Å²) in [4.78, 5) is 28.6. The molecule has 0 N–H and O–H groups in total. The Hall–Kier alpha value is -1.84. The SMILES string of the molecule is CCCC(=O)N(CCC(=O)N1CCC(Cc2ccccc2)CC1)C(C)C. The van der Waals surface area contributed by atoms with Gasteiger partial charge in [0.15, 0.2) is 0 Å². The van der Waals surface area contributed by atoms with Crippen LogP contribution in [0, 0.1) is 5.92 Å². The molecule has 4 heteroatoms. The lowest BCUT2D eigenvalue weighted by Crippen LogP contribution is -2.43. The van der Waals surface area contributed by atoms with Crippen LogP contribution in [0.25, 0.3) is 0 Å². The van der Waals surface area contributed by atoms with Crippen LogP contribution >= 0.6 is 0 Å². The molecule has 1 saturated heterocycles. The van der Waals surface area contributed by atoms with E-state index in [2.05, 4.69) is 30.3 Å². The molecule has 0 bridgehead atoms. The maximum absolute atomic E-state index is 12.6. The summed E-state index contributed by atoms with van der Waals surface area (Å²) in [5.74, 6) is 1.02. The van der Waals surface area contributed by atoms with Crippen LogP contribution in [0.1, 0.15) is 58.4 Å². The second-order valence-electron chi connectivity index (χ2n) is 7.69. The van der Waals surface area contributed by atoms with Crippen molar-refractivity contribution in [3.63, 3.8) is 0 Å². The summed E-state index contributed by atoms with van der Waals surface area (Å²) in [7, 11) is 0. The Labute approximate surface area is 158 Å². The largest absolute Gasteiger partial charge is 0.343 e. The first kappa shape index (κ1) is 20.5. The number of amides is 2. The van der Waals surface area contributed by atoms with E-state index in [4.69, 9.17) is 0 Å². The molecule has 0 aliphatic carbocycles. The Morgan fingerprint density at radius 3 is 2.35 bits per heavy atom. The number of hydrogen-bond donors (Lipinski definition) is 0. The van der Waals surface area contributed by atoms with Crippen molar-refractivity contribution >= 4 is 11.8 Å². The van der Waals surface area contributed by atoms with Crippen LogP contribution in [0.5, 0.6) is 0 Å². The standard InChI is InChI=1S/C22H34N2O2/c1-4-8-22(26)24(18(2)3)16-13-21(25)23-14-11-20(12-15-23)17-19-9-6-5-7-10-19/h5-7,9-10,18,20H,4,8,11-17H2,1-3H3. The number of rotatable bonds is 8. The van der Waals surface area contributed by atoms with Crippen molar-refractivity contribution in [1.29, 1.82) is 0 Å². The zero-order valence-corrected chi connectivity index (χ0v) is 16.6. The Morgan fingerprint density at radius 2 is 1.77 bits per heavy atom. The number of hydrogen-bond acceptors (Lipinski definition) is 2. The molecular formula is C22H34N2O2. The number of carbonyl (C=O) groups excluding carboxylic acids is 2. The van der Waals surface area contributed by atoms with Gasteiger partial charge in [0.1, 0.15) is 0 Å². The lowest BCUT2D eigenvalue weighted by molar-refractivity contribution is -0.136. The molecule has 0 radical (unpaired) electrons. The quantitative estimate of drug-likeness (QED) is 0.707. The van der Waals surface area contributed by atoms with Gasteiger partial charge in [-0.2, -0.15) is 0 Å². The maximum Gasteiger partial charge on any atom is 0.224 e. The summed E-state index contributed by atoms with van der Waals surface area (Å²) in [6, 6.07) is 10.8. The first-order valence-electron chi connectivity index (χ1n) is 10.1. The Morgan fingerprint density at radius 1 is 1.12 bits per heavy atom. The first-order chi connectivity index (χ1) is 12.5. The van der Waals surface area contributed by atoms with E-state index in [9.17, 15) is 9.59 Å². The molecule has 2 amide bonds. The molecule has 0 spiro atoms.